The van der Waals surface area contributed by atoms with Crippen LogP contribution in [0.4, 0.5) is 0 Å². The molecule has 116 valence electrons. The van der Waals surface area contributed by atoms with Crippen molar-refractivity contribution in [2.24, 2.45) is 11.7 Å². The fourth-order valence-electron chi connectivity index (χ4n) is 2.92. The molecule has 1 heterocycles. The molecule has 2 N–H and O–H groups in total. The SMILES string of the molecule is CCOC(=O)C(N)(CCN1CCC(C)C1)c1ccccc1. The zero-order valence-electron chi connectivity index (χ0n) is 13.0. The van der Waals surface area contributed by atoms with Crippen molar-refractivity contribution in [3.63, 3.8) is 0 Å². The number of carbonyl (C=O) groups is 1. The van der Waals surface area contributed by atoms with Crippen LogP contribution in [0.15, 0.2) is 30.3 Å². The lowest BCUT2D eigenvalue weighted by Gasteiger charge is -2.29. The first-order chi connectivity index (χ1) is 10.1. The minimum Gasteiger partial charge on any atom is -0.464 e. The Bertz CT molecular complexity index is 463. The van der Waals surface area contributed by atoms with Gasteiger partial charge in [0.15, 0.2) is 0 Å². The lowest BCUT2D eigenvalue weighted by molar-refractivity contribution is -0.150. The number of hydrogen-bond acceptors (Lipinski definition) is 4. The van der Waals surface area contributed by atoms with Crippen LogP contribution in [-0.4, -0.2) is 37.1 Å². The van der Waals surface area contributed by atoms with E-state index in [9.17, 15) is 4.79 Å². The monoisotopic (exact) mass is 290 g/mol. The van der Waals surface area contributed by atoms with Crippen LogP contribution in [0.25, 0.3) is 0 Å². The number of benzene rings is 1. The highest BCUT2D eigenvalue weighted by Gasteiger charge is 2.38. The topological polar surface area (TPSA) is 55.6 Å². The highest BCUT2D eigenvalue weighted by Crippen LogP contribution is 2.26. The predicted molar refractivity (Wildman–Crippen MR) is 83.8 cm³/mol. The third-order valence-electron chi connectivity index (χ3n) is 4.26. The van der Waals surface area contributed by atoms with Gasteiger partial charge in [0.1, 0.15) is 5.54 Å². The fraction of sp³-hybridized carbons (Fsp3) is 0.588. The van der Waals surface area contributed by atoms with Crippen LogP contribution < -0.4 is 5.73 Å². The molecule has 1 aromatic rings. The van der Waals surface area contributed by atoms with Gasteiger partial charge in [0, 0.05) is 13.1 Å². The second kappa shape index (κ2) is 7.05. The third-order valence-corrected chi connectivity index (χ3v) is 4.26. The molecule has 1 saturated heterocycles. The first kappa shape index (κ1) is 16.0. The number of hydrogen-bond donors (Lipinski definition) is 1. The summed E-state index contributed by atoms with van der Waals surface area (Å²) in [4.78, 5) is 14.8. The molecule has 1 aliphatic heterocycles. The van der Waals surface area contributed by atoms with Gasteiger partial charge in [-0.25, -0.2) is 4.79 Å². The van der Waals surface area contributed by atoms with Crippen LogP contribution in [0, 0.1) is 5.92 Å². The van der Waals surface area contributed by atoms with Gasteiger partial charge in [-0.15, -0.1) is 0 Å². The van der Waals surface area contributed by atoms with Crippen molar-refractivity contribution in [1.82, 2.24) is 4.90 Å². The van der Waals surface area contributed by atoms with Gasteiger partial charge in [0.25, 0.3) is 0 Å². The Morgan fingerprint density at radius 2 is 2.14 bits per heavy atom. The number of nitrogens with two attached hydrogens (primary N) is 1. The van der Waals surface area contributed by atoms with Gasteiger partial charge in [-0.1, -0.05) is 37.3 Å². The molecule has 2 rings (SSSR count). The second-order valence-corrected chi connectivity index (χ2v) is 6.00. The standard InChI is InChI=1S/C17H26N2O2/c1-3-21-16(20)17(18,15-7-5-4-6-8-15)10-12-19-11-9-14(2)13-19/h4-8,14H,3,9-13,18H2,1-2H3. The molecule has 0 bridgehead atoms. The first-order valence-corrected chi connectivity index (χ1v) is 7.80. The molecule has 0 saturated carbocycles. The van der Waals surface area contributed by atoms with Gasteiger partial charge < -0.3 is 15.4 Å². The Kier molecular flexibility index (Phi) is 5.37. The number of nitrogens with zero attached hydrogens (tertiary/aromatic N) is 1. The summed E-state index contributed by atoms with van der Waals surface area (Å²) < 4.78 is 5.22. The maximum Gasteiger partial charge on any atom is 0.330 e. The van der Waals surface area contributed by atoms with Crippen LogP contribution in [0.2, 0.25) is 0 Å². The molecule has 4 heteroatoms. The molecule has 0 aliphatic carbocycles. The van der Waals surface area contributed by atoms with Crippen molar-refractivity contribution in [3.05, 3.63) is 35.9 Å². The summed E-state index contributed by atoms with van der Waals surface area (Å²) in [7, 11) is 0. The molecule has 0 radical (unpaired) electrons. The minimum absolute atomic E-state index is 0.330. The van der Waals surface area contributed by atoms with E-state index in [1.807, 2.05) is 37.3 Å². The van der Waals surface area contributed by atoms with Crippen LogP contribution >= 0.6 is 0 Å². The van der Waals surface area contributed by atoms with Crippen molar-refractivity contribution in [2.75, 3.05) is 26.2 Å². The quantitative estimate of drug-likeness (QED) is 0.816. The molecule has 0 aromatic heterocycles. The number of likely N-dealkylation sites (tertiary alicyclic amines) is 1. The van der Waals surface area contributed by atoms with Gasteiger partial charge in [-0.3, -0.25) is 0 Å². The Labute approximate surface area is 127 Å². The van der Waals surface area contributed by atoms with E-state index in [-0.39, 0.29) is 5.97 Å². The summed E-state index contributed by atoms with van der Waals surface area (Å²) in [6, 6.07) is 9.56. The number of esters is 1. The fourth-order valence-corrected chi connectivity index (χ4v) is 2.92. The van der Waals surface area contributed by atoms with Gasteiger partial charge >= 0.3 is 5.97 Å². The summed E-state index contributed by atoms with van der Waals surface area (Å²) in [5.41, 5.74) is 6.24. The average molecular weight is 290 g/mol. The molecule has 4 nitrogen and oxygen atoms in total. The number of carbonyl (C=O) groups excluding carboxylic acids is 1. The van der Waals surface area contributed by atoms with Crippen molar-refractivity contribution >= 4 is 5.97 Å². The van der Waals surface area contributed by atoms with E-state index < -0.39 is 5.54 Å². The summed E-state index contributed by atoms with van der Waals surface area (Å²) in [6.45, 7) is 7.44. The van der Waals surface area contributed by atoms with E-state index in [0.717, 1.165) is 31.1 Å². The third kappa shape index (κ3) is 3.83. The highest BCUT2D eigenvalue weighted by molar-refractivity contribution is 5.82. The zero-order chi connectivity index (χ0) is 15.3. The molecule has 2 unspecified atom stereocenters. The van der Waals surface area contributed by atoms with Crippen LogP contribution in [0.3, 0.4) is 0 Å². The molecule has 1 fully saturated rings. The summed E-state index contributed by atoms with van der Waals surface area (Å²) in [6.07, 6.45) is 1.81. The Balaban J connectivity index is 2.10. The van der Waals surface area contributed by atoms with Crippen molar-refractivity contribution in [2.45, 2.75) is 32.2 Å². The second-order valence-electron chi connectivity index (χ2n) is 6.00. The van der Waals surface area contributed by atoms with Crippen LogP contribution in [0.5, 0.6) is 0 Å². The Morgan fingerprint density at radius 3 is 2.71 bits per heavy atom. The molecule has 0 spiro atoms. The zero-order valence-corrected chi connectivity index (χ0v) is 13.0. The van der Waals surface area contributed by atoms with Crippen molar-refractivity contribution in [3.8, 4) is 0 Å². The van der Waals surface area contributed by atoms with Crippen molar-refractivity contribution in [1.29, 1.82) is 0 Å². The van der Waals surface area contributed by atoms with Gasteiger partial charge in [0.2, 0.25) is 0 Å². The lowest BCUT2D eigenvalue weighted by Crippen LogP contribution is -2.48. The van der Waals surface area contributed by atoms with E-state index in [2.05, 4.69) is 11.8 Å². The number of ether oxygens (including phenoxy) is 1. The van der Waals surface area contributed by atoms with Gasteiger partial charge in [-0.2, -0.15) is 0 Å². The summed E-state index contributed by atoms with van der Waals surface area (Å²) in [5, 5.41) is 0. The van der Waals surface area contributed by atoms with E-state index in [1.54, 1.807) is 0 Å². The lowest BCUT2D eigenvalue weighted by atomic mass is 9.87. The summed E-state index contributed by atoms with van der Waals surface area (Å²) >= 11 is 0. The Morgan fingerprint density at radius 1 is 1.43 bits per heavy atom. The van der Waals surface area contributed by atoms with E-state index >= 15 is 0 Å². The van der Waals surface area contributed by atoms with E-state index in [4.69, 9.17) is 10.5 Å². The highest BCUT2D eigenvalue weighted by atomic mass is 16.5. The molecule has 21 heavy (non-hydrogen) atoms. The smallest absolute Gasteiger partial charge is 0.330 e. The Hall–Kier alpha value is -1.39. The summed E-state index contributed by atoms with van der Waals surface area (Å²) in [5.74, 6) is 0.403. The molecule has 1 aliphatic rings. The van der Waals surface area contributed by atoms with E-state index in [0.29, 0.717) is 13.0 Å². The maximum absolute atomic E-state index is 12.4. The molecular weight excluding hydrogens is 264 g/mol. The predicted octanol–water partition coefficient (Wildman–Crippen LogP) is 2.14. The average Bonchev–Trinajstić information content (AvgIpc) is 2.91. The van der Waals surface area contributed by atoms with E-state index in [1.165, 1.54) is 6.42 Å². The molecule has 2 atom stereocenters. The minimum atomic E-state index is -1.05. The maximum atomic E-state index is 12.4. The molecule has 1 aromatic carbocycles. The van der Waals surface area contributed by atoms with Gasteiger partial charge in [0.05, 0.1) is 6.61 Å². The largest absolute Gasteiger partial charge is 0.464 e. The molecular formula is C17H26N2O2. The van der Waals surface area contributed by atoms with Crippen LogP contribution in [-0.2, 0) is 15.1 Å². The number of rotatable bonds is 6. The van der Waals surface area contributed by atoms with Crippen molar-refractivity contribution < 1.29 is 9.53 Å². The van der Waals surface area contributed by atoms with Gasteiger partial charge in [-0.05, 0) is 37.8 Å². The van der Waals surface area contributed by atoms with Crippen LogP contribution in [0.1, 0.15) is 32.3 Å². The first-order valence-electron chi connectivity index (χ1n) is 7.80. The normalized spacial score (nSPS) is 22.0. The molecule has 0 amide bonds.